The Morgan fingerprint density at radius 3 is 2.64 bits per heavy atom. The minimum atomic E-state index is -0.551. The molecule has 0 spiro atoms. The molecule has 3 aromatic carbocycles. The summed E-state index contributed by atoms with van der Waals surface area (Å²) < 4.78 is 22.8. The van der Waals surface area contributed by atoms with Gasteiger partial charge >= 0.3 is 5.97 Å². The zero-order chi connectivity index (χ0) is 25.5. The van der Waals surface area contributed by atoms with E-state index in [0.29, 0.717) is 35.8 Å². The van der Waals surface area contributed by atoms with Gasteiger partial charge in [0, 0.05) is 11.6 Å². The number of hydrogen-bond acceptors (Lipinski definition) is 7. The zero-order valence-electron chi connectivity index (χ0n) is 20.3. The van der Waals surface area contributed by atoms with Crippen LogP contribution in [0.5, 0.6) is 23.0 Å². The van der Waals surface area contributed by atoms with Crippen LogP contribution in [0, 0.1) is 11.3 Å². The lowest BCUT2D eigenvalue weighted by atomic mass is 9.83. The quantitative estimate of drug-likeness (QED) is 0.236. The fourth-order valence-corrected chi connectivity index (χ4v) is 4.04. The topological polar surface area (TPSA) is 104 Å². The molecule has 1 unspecified atom stereocenters. The van der Waals surface area contributed by atoms with E-state index >= 15 is 0 Å². The van der Waals surface area contributed by atoms with E-state index in [9.17, 15) is 10.1 Å². The molecule has 2 N–H and O–H groups in total. The van der Waals surface area contributed by atoms with Crippen LogP contribution in [0.15, 0.2) is 78.2 Å². The van der Waals surface area contributed by atoms with Gasteiger partial charge in [-0.05, 0) is 49.2 Å². The van der Waals surface area contributed by atoms with Gasteiger partial charge in [0.25, 0.3) is 0 Å². The molecule has 7 heteroatoms. The SMILES string of the molecule is CCCCOc1cccc(C2C(C#N)=C(N)Oc3cc(OC(=O)c4ccccc4OCC)ccc32)c1. The molecule has 0 saturated carbocycles. The summed E-state index contributed by atoms with van der Waals surface area (Å²) in [6, 6.07) is 21.8. The molecular formula is C29H28N2O5. The number of allylic oxidation sites excluding steroid dienone is 1. The molecular weight excluding hydrogens is 456 g/mol. The minimum Gasteiger partial charge on any atom is -0.494 e. The predicted molar refractivity (Wildman–Crippen MR) is 135 cm³/mol. The van der Waals surface area contributed by atoms with Crippen molar-refractivity contribution in [3.05, 3.63) is 94.9 Å². The number of carbonyl (C=O) groups is 1. The molecule has 1 aliphatic heterocycles. The molecule has 1 heterocycles. The van der Waals surface area contributed by atoms with E-state index in [1.165, 1.54) is 0 Å². The van der Waals surface area contributed by atoms with Gasteiger partial charge in [-0.25, -0.2) is 4.79 Å². The average molecular weight is 485 g/mol. The number of benzene rings is 3. The van der Waals surface area contributed by atoms with E-state index in [4.69, 9.17) is 24.7 Å². The summed E-state index contributed by atoms with van der Waals surface area (Å²) in [6.07, 6.45) is 1.99. The summed E-state index contributed by atoms with van der Waals surface area (Å²) in [5, 5.41) is 9.85. The van der Waals surface area contributed by atoms with E-state index < -0.39 is 11.9 Å². The van der Waals surface area contributed by atoms with Gasteiger partial charge < -0.3 is 24.7 Å². The number of rotatable bonds is 9. The van der Waals surface area contributed by atoms with Crippen LogP contribution in [-0.4, -0.2) is 19.2 Å². The number of nitriles is 1. The van der Waals surface area contributed by atoms with Crippen molar-refractivity contribution in [2.75, 3.05) is 13.2 Å². The highest BCUT2D eigenvalue weighted by molar-refractivity contribution is 5.94. The van der Waals surface area contributed by atoms with Crippen LogP contribution in [0.2, 0.25) is 0 Å². The van der Waals surface area contributed by atoms with Crippen molar-refractivity contribution in [3.63, 3.8) is 0 Å². The summed E-state index contributed by atoms with van der Waals surface area (Å²) in [6.45, 7) is 5.00. The summed E-state index contributed by atoms with van der Waals surface area (Å²) in [4.78, 5) is 12.8. The van der Waals surface area contributed by atoms with Gasteiger partial charge in [-0.3, -0.25) is 0 Å². The Hall–Kier alpha value is -4.44. The van der Waals surface area contributed by atoms with Crippen LogP contribution < -0.4 is 24.7 Å². The molecule has 0 aliphatic carbocycles. The maximum absolute atomic E-state index is 12.8. The lowest BCUT2D eigenvalue weighted by Gasteiger charge is -2.27. The lowest BCUT2D eigenvalue weighted by molar-refractivity contribution is 0.0730. The second-order valence-corrected chi connectivity index (χ2v) is 8.22. The van der Waals surface area contributed by atoms with Gasteiger partial charge in [-0.1, -0.05) is 43.7 Å². The number of unbranched alkanes of at least 4 members (excludes halogenated alkanes) is 1. The third-order valence-corrected chi connectivity index (χ3v) is 5.77. The van der Waals surface area contributed by atoms with E-state index in [1.807, 2.05) is 31.2 Å². The fraction of sp³-hybridized carbons (Fsp3) is 0.241. The predicted octanol–water partition coefficient (Wildman–Crippen LogP) is 5.70. The third-order valence-electron chi connectivity index (χ3n) is 5.77. The van der Waals surface area contributed by atoms with Gasteiger partial charge in [-0.15, -0.1) is 0 Å². The average Bonchev–Trinajstić information content (AvgIpc) is 2.88. The van der Waals surface area contributed by atoms with Crippen LogP contribution in [-0.2, 0) is 0 Å². The van der Waals surface area contributed by atoms with Crippen molar-refractivity contribution in [1.29, 1.82) is 5.26 Å². The van der Waals surface area contributed by atoms with Crippen LogP contribution in [0.3, 0.4) is 0 Å². The molecule has 36 heavy (non-hydrogen) atoms. The number of carbonyl (C=O) groups excluding carboxylic acids is 1. The number of ether oxygens (including phenoxy) is 4. The van der Waals surface area contributed by atoms with Crippen LogP contribution >= 0.6 is 0 Å². The third kappa shape index (κ3) is 5.28. The normalized spacial score (nSPS) is 14.3. The zero-order valence-corrected chi connectivity index (χ0v) is 20.3. The van der Waals surface area contributed by atoms with Gasteiger partial charge in [0.15, 0.2) is 0 Å². The highest BCUT2D eigenvalue weighted by Gasteiger charge is 2.31. The van der Waals surface area contributed by atoms with Crippen molar-refractivity contribution >= 4 is 5.97 Å². The first-order chi connectivity index (χ1) is 17.5. The number of nitrogens with two attached hydrogens (primary N) is 1. The summed E-state index contributed by atoms with van der Waals surface area (Å²) in [7, 11) is 0. The highest BCUT2D eigenvalue weighted by Crippen LogP contribution is 2.44. The first-order valence-corrected chi connectivity index (χ1v) is 11.9. The molecule has 0 amide bonds. The van der Waals surface area contributed by atoms with Crippen LogP contribution in [0.4, 0.5) is 0 Å². The Kier molecular flexibility index (Phi) is 7.76. The maximum Gasteiger partial charge on any atom is 0.347 e. The van der Waals surface area contributed by atoms with Gasteiger partial charge in [0.2, 0.25) is 5.88 Å². The summed E-state index contributed by atoms with van der Waals surface area (Å²) in [5.41, 5.74) is 8.36. The van der Waals surface area contributed by atoms with Crippen molar-refractivity contribution < 1.29 is 23.7 Å². The van der Waals surface area contributed by atoms with Gasteiger partial charge in [-0.2, -0.15) is 5.26 Å². The number of nitrogens with zero attached hydrogens (tertiary/aromatic N) is 1. The second kappa shape index (κ2) is 11.3. The monoisotopic (exact) mass is 484 g/mol. The van der Waals surface area contributed by atoms with Gasteiger partial charge in [0.1, 0.15) is 40.2 Å². The Labute approximate surface area is 210 Å². The van der Waals surface area contributed by atoms with Gasteiger partial charge in [0.05, 0.1) is 19.1 Å². The van der Waals surface area contributed by atoms with E-state index in [-0.39, 0.29) is 11.6 Å². The molecule has 0 fully saturated rings. The van der Waals surface area contributed by atoms with Crippen molar-refractivity contribution in [3.8, 4) is 29.1 Å². The van der Waals surface area contributed by atoms with E-state index in [2.05, 4.69) is 13.0 Å². The lowest BCUT2D eigenvalue weighted by Crippen LogP contribution is -2.21. The van der Waals surface area contributed by atoms with Crippen molar-refractivity contribution in [1.82, 2.24) is 0 Å². The molecule has 4 rings (SSSR count). The Bertz CT molecular complexity index is 1330. The molecule has 0 aromatic heterocycles. The van der Waals surface area contributed by atoms with E-state index in [1.54, 1.807) is 42.5 Å². The summed E-state index contributed by atoms with van der Waals surface area (Å²) >= 11 is 0. The Balaban J connectivity index is 1.64. The maximum atomic E-state index is 12.8. The van der Waals surface area contributed by atoms with Crippen LogP contribution in [0.25, 0.3) is 0 Å². The molecule has 7 nitrogen and oxygen atoms in total. The largest absolute Gasteiger partial charge is 0.494 e. The molecule has 0 saturated heterocycles. The number of para-hydroxylation sites is 1. The number of hydrogen-bond donors (Lipinski definition) is 1. The molecule has 3 aromatic rings. The molecule has 0 radical (unpaired) electrons. The Morgan fingerprint density at radius 2 is 1.86 bits per heavy atom. The summed E-state index contributed by atoms with van der Waals surface area (Å²) in [5.74, 6) is 0.888. The second-order valence-electron chi connectivity index (χ2n) is 8.22. The smallest absolute Gasteiger partial charge is 0.347 e. The van der Waals surface area contributed by atoms with Crippen molar-refractivity contribution in [2.24, 2.45) is 5.73 Å². The fourth-order valence-electron chi connectivity index (χ4n) is 4.04. The first-order valence-electron chi connectivity index (χ1n) is 11.9. The number of esters is 1. The molecule has 0 bridgehead atoms. The van der Waals surface area contributed by atoms with E-state index in [0.717, 1.165) is 29.7 Å². The molecule has 184 valence electrons. The highest BCUT2D eigenvalue weighted by atomic mass is 16.5. The van der Waals surface area contributed by atoms with Crippen LogP contribution in [0.1, 0.15) is 54.1 Å². The minimum absolute atomic E-state index is 0.0115. The van der Waals surface area contributed by atoms with Crippen molar-refractivity contribution in [2.45, 2.75) is 32.6 Å². The first kappa shape index (κ1) is 24.7. The standard InChI is InChI=1S/C29H28N2O5/c1-3-5-15-34-20-10-8-9-19(16-20)27-22-14-13-21(17-26(22)36-28(31)24(27)18-30)35-29(32)23-11-6-7-12-25(23)33-4-2/h6-14,16-17,27H,3-5,15,31H2,1-2H3. The Morgan fingerprint density at radius 1 is 1.03 bits per heavy atom. The molecule has 1 atom stereocenters. The number of fused-ring (bicyclic) bond motifs is 1. The molecule has 1 aliphatic rings.